The van der Waals surface area contributed by atoms with Crippen LogP contribution < -0.4 is 14.9 Å². The lowest BCUT2D eigenvalue weighted by Gasteiger charge is -2.11. The number of rotatable bonds is 7. The SMILES string of the molecule is CCOc1ccc(C(=O)Oc2ccc3ccccc3c2/C=N\NC(=O)c2cccc3ccccc23)cc1. The van der Waals surface area contributed by atoms with E-state index >= 15 is 0 Å². The van der Waals surface area contributed by atoms with Crippen molar-refractivity contribution in [1.29, 1.82) is 0 Å². The van der Waals surface area contributed by atoms with E-state index in [2.05, 4.69) is 10.5 Å². The quantitative estimate of drug-likeness (QED) is 0.125. The first-order valence-corrected chi connectivity index (χ1v) is 11.9. The highest BCUT2D eigenvalue weighted by Gasteiger charge is 2.14. The predicted octanol–water partition coefficient (Wildman–Crippen LogP) is 6.37. The molecule has 0 aliphatic rings. The van der Waals surface area contributed by atoms with Crippen LogP contribution >= 0.6 is 0 Å². The van der Waals surface area contributed by atoms with Gasteiger partial charge in [-0.15, -0.1) is 0 Å². The molecule has 5 aromatic rings. The molecule has 0 atom stereocenters. The van der Waals surface area contributed by atoms with Crippen LogP contribution in [0.4, 0.5) is 0 Å². The average molecular weight is 489 g/mol. The number of carbonyl (C=O) groups excluding carboxylic acids is 2. The lowest BCUT2D eigenvalue weighted by Crippen LogP contribution is -2.18. The molecule has 0 bridgehead atoms. The maximum absolute atomic E-state index is 12.9. The molecule has 0 saturated carbocycles. The Labute approximate surface area is 214 Å². The molecule has 0 aliphatic heterocycles. The van der Waals surface area contributed by atoms with Gasteiger partial charge in [0.1, 0.15) is 11.5 Å². The molecule has 0 saturated heterocycles. The summed E-state index contributed by atoms with van der Waals surface area (Å²) in [5, 5.41) is 7.81. The summed E-state index contributed by atoms with van der Waals surface area (Å²) in [6, 6.07) is 31.3. The Morgan fingerprint density at radius 2 is 1.46 bits per heavy atom. The van der Waals surface area contributed by atoms with Crippen LogP contribution in [0.1, 0.15) is 33.2 Å². The highest BCUT2D eigenvalue weighted by Crippen LogP contribution is 2.28. The van der Waals surface area contributed by atoms with Crippen LogP contribution in [0.15, 0.2) is 108 Å². The summed E-state index contributed by atoms with van der Waals surface area (Å²) < 4.78 is 11.2. The summed E-state index contributed by atoms with van der Waals surface area (Å²) >= 11 is 0. The number of hydrogen-bond donors (Lipinski definition) is 1. The Morgan fingerprint density at radius 3 is 2.22 bits per heavy atom. The van der Waals surface area contributed by atoms with Crippen molar-refractivity contribution in [2.24, 2.45) is 5.10 Å². The Morgan fingerprint density at radius 1 is 0.784 bits per heavy atom. The second kappa shape index (κ2) is 10.7. The standard InChI is InChI=1S/C31H24N2O4/c1-2-36-24-17-14-23(15-18-24)31(35)37-29-19-16-22-9-4-6-12-26(22)28(29)20-32-33-30(34)27-13-7-10-21-8-3-5-11-25(21)27/h3-20H,2H2,1H3,(H,33,34)/b32-20-. The van der Waals surface area contributed by atoms with E-state index in [0.29, 0.717) is 34.8 Å². The Balaban J connectivity index is 1.42. The first-order valence-electron chi connectivity index (χ1n) is 11.9. The van der Waals surface area contributed by atoms with Crippen molar-refractivity contribution in [2.75, 3.05) is 6.61 Å². The number of fused-ring (bicyclic) bond motifs is 2. The monoisotopic (exact) mass is 488 g/mol. The van der Waals surface area contributed by atoms with Crippen molar-refractivity contribution in [2.45, 2.75) is 6.92 Å². The van der Waals surface area contributed by atoms with E-state index < -0.39 is 5.97 Å². The molecule has 6 nitrogen and oxygen atoms in total. The van der Waals surface area contributed by atoms with Crippen LogP contribution in [-0.4, -0.2) is 24.7 Å². The molecule has 1 amide bonds. The molecule has 0 aliphatic carbocycles. The average Bonchev–Trinajstić information content (AvgIpc) is 2.94. The molecule has 0 radical (unpaired) electrons. The molecular weight excluding hydrogens is 464 g/mol. The van der Waals surface area contributed by atoms with Gasteiger partial charge in [0, 0.05) is 11.1 Å². The Kier molecular flexibility index (Phi) is 6.90. The van der Waals surface area contributed by atoms with Gasteiger partial charge in [-0.05, 0) is 64.9 Å². The Bertz CT molecular complexity index is 1620. The fraction of sp³-hybridized carbons (Fsp3) is 0.0645. The number of nitrogens with one attached hydrogen (secondary N) is 1. The number of ether oxygens (including phenoxy) is 2. The number of benzene rings is 5. The minimum absolute atomic E-state index is 0.332. The summed E-state index contributed by atoms with van der Waals surface area (Å²) in [7, 11) is 0. The molecule has 5 aromatic carbocycles. The van der Waals surface area contributed by atoms with Crippen molar-refractivity contribution >= 4 is 39.6 Å². The largest absolute Gasteiger partial charge is 0.494 e. The number of nitrogens with zero attached hydrogens (tertiary/aromatic N) is 1. The first kappa shape index (κ1) is 23.8. The van der Waals surface area contributed by atoms with E-state index in [0.717, 1.165) is 21.5 Å². The molecule has 37 heavy (non-hydrogen) atoms. The van der Waals surface area contributed by atoms with E-state index in [4.69, 9.17) is 9.47 Å². The summed E-state index contributed by atoms with van der Waals surface area (Å²) in [4.78, 5) is 25.8. The maximum Gasteiger partial charge on any atom is 0.343 e. The van der Waals surface area contributed by atoms with Crippen LogP contribution in [0.25, 0.3) is 21.5 Å². The molecule has 5 rings (SSSR count). The van der Waals surface area contributed by atoms with E-state index in [1.54, 1.807) is 36.4 Å². The normalized spacial score (nSPS) is 11.1. The molecule has 0 fully saturated rings. The van der Waals surface area contributed by atoms with Gasteiger partial charge in [-0.25, -0.2) is 10.2 Å². The zero-order valence-corrected chi connectivity index (χ0v) is 20.2. The van der Waals surface area contributed by atoms with E-state index in [1.165, 1.54) is 6.21 Å². The van der Waals surface area contributed by atoms with Gasteiger partial charge >= 0.3 is 5.97 Å². The predicted molar refractivity (Wildman–Crippen MR) is 146 cm³/mol. The van der Waals surface area contributed by atoms with Crippen molar-refractivity contribution in [3.8, 4) is 11.5 Å². The number of hydrazone groups is 1. The molecule has 1 N–H and O–H groups in total. The minimum Gasteiger partial charge on any atom is -0.494 e. The fourth-order valence-corrected chi connectivity index (χ4v) is 4.15. The van der Waals surface area contributed by atoms with Crippen molar-refractivity contribution in [3.05, 3.63) is 120 Å². The third-order valence-corrected chi connectivity index (χ3v) is 5.93. The summed E-state index contributed by atoms with van der Waals surface area (Å²) in [5.74, 6) is 0.175. The molecule has 0 heterocycles. The van der Waals surface area contributed by atoms with E-state index in [1.807, 2.05) is 73.7 Å². The molecule has 0 unspecified atom stereocenters. The number of carbonyl (C=O) groups is 2. The molecular formula is C31H24N2O4. The van der Waals surface area contributed by atoms with Crippen molar-refractivity contribution in [3.63, 3.8) is 0 Å². The maximum atomic E-state index is 12.9. The molecule has 0 aromatic heterocycles. The van der Waals surface area contributed by atoms with Gasteiger partial charge in [-0.2, -0.15) is 5.10 Å². The smallest absolute Gasteiger partial charge is 0.343 e. The molecule has 0 spiro atoms. The summed E-state index contributed by atoms with van der Waals surface area (Å²) in [5.41, 5.74) is 4.11. The third-order valence-electron chi connectivity index (χ3n) is 5.93. The van der Waals surface area contributed by atoms with Gasteiger partial charge in [0.05, 0.1) is 18.4 Å². The number of hydrogen-bond acceptors (Lipinski definition) is 5. The van der Waals surface area contributed by atoms with Crippen LogP contribution in [0, 0.1) is 0 Å². The zero-order valence-electron chi connectivity index (χ0n) is 20.2. The van der Waals surface area contributed by atoms with Crippen LogP contribution in [0.3, 0.4) is 0 Å². The molecule has 182 valence electrons. The van der Waals surface area contributed by atoms with Crippen molar-refractivity contribution in [1.82, 2.24) is 5.43 Å². The number of amides is 1. The summed E-state index contributed by atoms with van der Waals surface area (Å²) in [6.07, 6.45) is 1.51. The first-order chi connectivity index (χ1) is 18.1. The Hall–Kier alpha value is -4.97. The van der Waals surface area contributed by atoms with Crippen LogP contribution in [0.5, 0.6) is 11.5 Å². The highest BCUT2D eigenvalue weighted by molar-refractivity contribution is 6.08. The minimum atomic E-state index is -0.507. The third kappa shape index (κ3) is 5.18. The van der Waals surface area contributed by atoms with Crippen LogP contribution in [-0.2, 0) is 0 Å². The number of esters is 1. The second-order valence-electron chi connectivity index (χ2n) is 8.27. The summed E-state index contributed by atoms with van der Waals surface area (Å²) in [6.45, 7) is 2.44. The topological polar surface area (TPSA) is 77.0 Å². The van der Waals surface area contributed by atoms with Gasteiger partial charge in [0.2, 0.25) is 0 Å². The fourth-order valence-electron chi connectivity index (χ4n) is 4.15. The van der Waals surface area contributed by atoms with Crippen molar-refractivity contribution < 1.29 is 19.1 Å². The zero-order chi connectivity index (χ0) is 25.6. The second-order valence-corrected chi connectivity index (χ2v) is 8.27. The van der Waals surface area contributed by atoms with Crippen LogP contribution in [0.2, 0.25) is 0 Å². The highest BCUT2D eigenvalue weighted by atomic mass is 16.5. The van der Waals surface area contributed by atoms with Gasteiger partial charge < -0.3 is 9.47 Å². The van der Waals surface area contributed by atoms with E-state index in [9.17, 15) is 9.59 Å². The lowest BCUT2D eigenvalue weighted by atomic mass is 10.0. The van der Waals surface area contributed by atoms with Gasteiger partial charge in [0.15, 0.2) is 0 Å². The molecule has 6 heteroatoms. The van der Waals surface area contributed by atoms with Gasteiger partial charge in [-0.1, -0.05) is 66.7 Å². The lowest BCUT2D eigenvalue weighted by molar-refractivity contribution is 0.0734. The van der Waals surface area contributed by atoms with Gasteiger partial charge in [-0.3, -0.25) is 4.79 Å². The van der Waals surface area contributed by atoms with Gasteiger partial charge in [0.25, 0.3) is 5.91 Å². The van der Waals surface area contributed by atoms with E-state index in [-0.39, 0.29) is 5.91 Å².